The van der Waals surface area contributed by atoms with Crippen LogP contribution < -0.4 is 16.4 Å². The highest BCUT2D eigenvalue weighted by Gasteiger charge is 2.16. The van der Waals surface area contributed by atoms with Gasteiger partial charge in [0.1, 0.15) is 0 Å². The van der Waals surface area contributed by atoms with Crippen molar-refractivity contribution in [3.8, 4) is 17.1 Å². The Labute approximate surface area is 214 Å². The molecule has 1 aliphatic heterocycles. The largest absolute Gasteiger partial charge is 0.354 e. The van der Waals surface area contributed by atoms with Crippen molar-refractivity contribution in [1.82, 2.24) is 9.55 Å². The molecule has 0 saturated carbocycles. The first kappa shape index (κ1) is 23.4. The molecule has 3 aromatic rings. The normalized spacial score (nSPS) is 11.9. The number of halogens is 2. The number of benzene rings is 4. The number of rotatable bonds is 7. The van der Waals surface area contributed by atoms with E-state index in [0.29, 0.717) is 23.1 Å². The predicted octanol–water partition coefficient (Wildman–Crippen LogP) is 6.82. The molecule has 0 amide bonds. The van der Waals surface area contributed by atoms with E-state index in [1.54, 1.807) is 0 Å². The number of hydrogen-bond acceptors (Lipinski definition) is 4. The molecule has 35 heavy (non-hydrogen) atoms. The highest BCUT2D eigenvalue weighted by atomic mass is 35.5. The lowest BCUT2D eigenvalue weighted by atomic mass is 10.1. The van der Waals surface area contributed by atoms with E-state index in [2.05, 4.69) is 28.1 Å². The lowest BCUT2D eigenvalue weighted by Crippen LogP contribution is -2.15. The number of fused-ring (bicyclic) bond motifs is 2. The summed E-state index contributed by atoms with van der Waals surface area (Å²) in [6, 6.07) is 27.8. The summed E-state index contributed by atoms with van der Waals surface area (Å²) in [7, 11) is 0. The number of para-hydroxylation sites is 2. The molecular formula is C28H25Cl2N5. The third kappa shape index (κ3) is 5.17. The van der Waals surface area contributed by atoms with Crippen molar-refractivity contribution in [2.75, 3.05) is 18.4 Å². The second-order valence-corrected chi connectivity index (χ2v) is 9.15. The van der Waals surface area contributed by atoms with Gasteiger partial charge in [0, 0.05) is 28.0 Å². The molecule has 0 spiro atoms. The molecule has 0 atom stereocenters. The van der Waals surface area contributed by atoms with Gasteiger partial charge in [-0.1, -0.05) is 35.3 Å². The van der Waals surface area contributed by atoms with Gasteiger partial charge in [-0.15, -0.1) is 0 Å². The molecule has 0 unspecified atom stereocenters. The molecule has 0 bridgehead atoms. The molecule has 0 radical (unpaired) electrons. The fourth-order valence-corrected chi connectivity index (χ4v) is 4.34. The number of hydrogen-bond donors (Lipinski definition) is 2. The summed E-state index contributed by atoms with van der Waals surface area (Å²) in [5, 5.41) is 5.76. The number of nitrogens with one attached hydrogen (secondary N) is 1. The van der Waals surface area contributed by atoms with E-state index in [0.717, 1.165) is 57.7 Å². The van der Waals surface area contributed by atoms with Crippen LogP contribution in [0.2, 0.25) is 10.0 Å². The standard InChI is InChI=1S/C28H25Cl2N5/c29-19-7-11-21(12-8-19)33-25-17-26-28(18-24(25)32-16-4-3-15-31)35(22-13-9-20(30)10-14-22)27-6-2-1-5-23(27)34-26/h1-2,5-14,17-18,33H,3-4,15-16,31H2. The maximum atomic E-state index is 6.19. The number of nitrogens with zero attached hydrogens (tertiary/aromatic N) is 3. The SMILES string of the molecule is NCCCCN=c1cc2n(-c3ccc(Cl)cc3)c3ccccc3nc-2cc1Nc1ccc(Cl)cc1. The Hall–Kier alpha value is -3.38. The number of nitrogens with two attached hydrogens (primary N) is 1. The molecule has 0 saturated heterocycles. The molecule has 5 nitrogen and oxygen atoms in total. The van der Waals surface area contributed by atoms with Gasteiger partial charge in [-0.05, 0) is 92.2 Å². The summed E-state index contributed by atoms with van der Waals surface area (Å²) in [4.78, 5) is 9.91. The molecular weight excluding hydrogens is 477 g/mol. The smallest absolute Gasteiger partial charge is 0.0900 e. The van der Waals surface area contributed by atoms with Crippen LogP contribution in [0.5, 0.6) is 0 Å². The molecule has 7 heteroatoms. The fraction of sp³-hybridized carbons (Fsp3) is 0.143. The summed E-state index contributed by atoms with van der Waals surface area (Å²) in [5.41, 5.74) is 12.2. The molecule has 3 N–H and O–H groups in total. The second-order valence-electron chi connectivity index (χ2n) is 8.28. The van der Waals surface area contributed by atoms with Crippen molar-refractivity contribution in [3.63, 3.8) is 0 Å². The fourth-order valence-electron chi connectivity index (χ4n) is 4.09. The van der Waals surface area contributed by atoms with E-state index in [1.807, 2.05) is 66.7 Å². The minimum absolute atomic E-state index is 0.662. The Bertz CT molecular complexity index is 1490. The van der Waals surface area contributed by atoms with Crippen LogP contribution in [-0.2, 0) is 0 Å². The lowest BCUT2D eigenvalue weighted by Gasteiger charge is -2.20. The maximum absolute atomic E-state index is 6.19. The first-order valence-corrected chi connectivity index (χ1v) is 12.3. The first-order valence-electron chi connectivity index (χ1n) is 11.6. The Balaban J connectivity index is 1.74. The zero-order valence-corrected chi connectivity index (χ0v) is 20.6. The Kier molecular flexibility index (Phi) is 7.00. The highest BCUT2D eigenvalue weighted by molar-refractivity contribution is 6.30. The minimum atomic E-state index is 0.662. The molecule has 0 aromatic heterocycles. The summed E-state index contributed by atoms with van der Waals surface area (Å²) < 4.78 is 2.21. The lowest BCUT2D eigenvalue weighted by molar-refractivity contribution is 0.747. The average molecular weight is 502 g/mol. The first-order chi connectivity index (χ1) is 17.1. The van der Waals surface area contributed by atoms with Gasteiger partial charge < -0.3 is 15.6 Å². The average Bonchev–Trinajstić information content (AvgIpc) is 2.87. The quantitative estimate of drug-likeness (QED) is 0.190. The zero-order valence-electron chi connectivity index (χ0n) is 19.1. The third-order valence-corrected chi connectivity index (χ3v) is 6.30. The second kappa shape index (κ2) is 10.5. The van der Waals surface area contributed by atoms with Crippen molar-refractivity contribution < 1.29 is 0 Å². The van der Waals surface area contributed by atoms with Crippen LogP contribution in [0.3, 0.4) is 0 Å². The molecule has 5 rings (SSSR count). The van der Waals surface area contributed by atoms with E-state index in [1.165, 1.54) is 0 Å². The van der Waals surface area contributed by atoms with Gasteiger partial charge >= 0.3 is 0 Å². The zero-order chi connectivity index (χ0) is 24.2. The van der Waals surface area contributed by atoms with Gasteiger partial charge in [-0.2, -0.15) is 0 Å². The van der Waals surface area contributed by atoms with E-state index in [9.17, 15) is 0 Å². The van der Waals surface area contributed by atoms with Gasteiger partial charge in [0.2, 0.25) is 0 Å². The van der Waals surface area contributed by atoms with Crippen LogP contribution >= 0.6 is 23.2 Å². The Morgan fingerprint density at radius 3 is 2.31 bits per heavy atom. The van der Waals surface area contributed by atoms with Gasteiger partial charge in [0.25, 0.3) is 0 Å². The maximum Gasteiger partial charge on any atom is 0.0900 e. The monoisotopic (exact) mass is 501 g/mol. The third-order valence-electron chi connectivity index (χ3n) is 5.80. The van der Waals surface area contributed by atoms with Gasteiger partial charge in [0.15, 0.2) is 0 Å². The molecule has 2 aliphatic rings. The Morgan fingerprint density at radius 2 is 1.57 bits per heavy atom. The van der Waals surface area contributed by atoms with E-state index >= 15 is 0 Å². The van der Waals surface area contributed by atoms with Crippen molar-refractivity contribution in [1.29, 1.82) is 0 Å². The van der Waals surface area contributed by atoms with Gasteiger partial charge in [-0.25, -0.2) is 4.98 Å². The van der Waals surface area contributed by atoms with Gasteiger partial charge in [-0.3, -0.25) is 4.99 Å². The van der Waals surface area contributed by atoms with Crippen LogP contribution in [-0.4, -0.2) is 22.6 Å². The molecule has 1 aliphatic carbocycles. The van der Waals surface area contributed by atoms with Crippen LogP contribution in [0.15, 0.2) is 89.9 Å². The van der Waals surface area contributed by atoms with Crippen molar-refractivity contribution in [3.05, 3.63) is 100 Å². The molecule has 0 fully saturated rings. The predicted molar refractivity (Wildman–Crippen MR) is 146 cm³/mol. The van der Waals surface area contributed by atoms with E-state index < -0.39 is 0 Å². The van der Waals surface area contributed by atoms with Crippen LogP contribution in [0.25, 0.3) is 28.1 Å². The number of aromatic nitrogens is 2. The summed E-state index contributed by atoms with van der Waals surface area (Å²) >= 11 is 12.3. The van der Waals surface area contributed by atoms with E-state index in [4.69, 9.17) is 38.9 Å². The van der Waals surface area contributed by atoms with Crippen LogP contribution in [0, 0.1) is 0 Å². The number of anilines is 2. The van der Waals surface area contributed by atoms with Crippen LogP contribution in [0.4, 0.5) is 11.4 Å². The Morgan fingerprint density at radius 1 is 0.857 bits per heavy atom. The molecule has 3 aromatic carbocycles. The highest BCUT2D eigenvalue weighted by Crippen LogP contribution is 2.31. The minimum Gasteiger partial charge on any atom is -0.354 e. The topological polar surface area (TPSA) is 68.2 Å². The summed E-state index contributed by atoms with van der Waals surface area (Å²) in [5.74, 6) is 0. The van der Waals surface area contributed by atoms with Crippen LogP contribution in [0.1, 0.15) is 12.8 Å². The molecule has 1 heterocycles. The summed E-state index contributed by atoms with van der Waals surface area (Å²) in [6.45, 7) is 1.36. The van der Waals surface area contributed by atoms with Gasteiger partial charge in [0.05, 0.1) is 33.5 Å². The van der Waals surface area contributed by atoms with Crippen molar-refractivity contribution in [2.45, 2.75) is 12.8 Å². The van der Waals surface area contributed by atoms with Crippen molar-refractivity contribution >= 4 is 45.6 Å². The number of unbranched alkanes of at least 4 members (excludes halogenated alkanes) is 1. The summed E-state index contributed by atoms with van der Waals surface area (Å²) in [6.07, 6.45) is 1.87. The molecule has 176 valence electrons. The van der Waals surface area contributed by atoms with E-state index in [-0.39, 0.29) is 0 Å². The van der Waals surface area contributed by atoms with Crippen molar-refractivity contribution in [2.24, 2.45) is 10.7 Å².